The van der Waals surface area contributed by atoms with Crippen LogP contribution < -0.4 is 4.74 Å². The van der Waals surface area contributed by atoms with E-state index in [1.165, 1.54) is 18.2 Å². The Morgan fingerprint density at radius 3 is 2.19 bits per heavy atom. The quantitative estimate of drug-likeness (QED) is 0.143. The molecule has 1 aromatic carbocycles. The van der Waals surface area contributed by atoms with E-state index in [0.29, 0.717) is 5.56 Å². The van der Waals surface area contributed by atoms with Crippen molar-refractivity contribution in [3.63, 3.8) is 0 Å². The van der Waals surface area contributed by atoms with E-state index in [-0.39, 0.29) is 5.92 Å². The molecule has 8 heteroatoms. The fourth-order valence-corrected chi connectivity index (χ4v) is 2.59. The Morgan fingerprint density at radius 2 is 1.73 bits per heavy atom. The van der Waals surface area contributed by atoms with E-state index in [1.807, 2.05) is 6.92 Å². The highest BCUT2D eigenvalue weighted by atomic mass is 16.6. The van der Waals surface area contributed by atoms with Crippen LogP contribution in [0.1, 0.15) is 64.4 Å². The lowest BCUT2D eigenvalue weighted by Crippen LogP contribution is -2.09. The molecule has 0 saturated carbocycles. The molecule has 0 aliphatic heterocycles. The first-order valence-electron chi connectivity index (χ1n) is 8.63. The van der Waals surface area contributed by atoms with Gasteiger partial charge in [-0.1, -0.05) is 45.6 Å². The van der Waals surface area contributed by atoms with Crippen molar-refractivity contribution in [2.24, 2.45) is 0 Å². The van der Waals surface area contributed by atoms with E-state index in [2.05, 4.69) is 6.92 Å². The van der Waals surface area contributed by atoms with Gasteiger partial charge in [-0.3, -0.25) is 20.2 Å². The van der Waals surface area contributed by atoms with Crippen molar-refractivity contribution in [3.8, 4) is 5.75 Å². The third-order valence-electron chi connectivity index (χ3n) is 4.03. The number of carbonyl (C=O) groups is 1. The lowest BCUT2D eigenvalue weighted by atomic mass is 9.93. The summed E-state index contributed by atoms with van der Waals surface area (Å²) in [6, 6.07) is 2.52. The molecule has 0 heterocycles. The summed E-state index contributed by atoms with van der Waals surface area (Å²) in [5.41, 5.74) is -0.661. The van der Waals surface area contributed by atoms with E-state index in [0.717, 1.165) is 38.2 Å². The maximum Gasteiger partial charge on any atom is 0.336 e. The molecule has 0 aromatic heterocycles. The Balaban J connectivity index is 3.25. The van der Waals surface area contributed by atoms with Crippen molar-refractivity contribution in [1.29, 1.82) is 0 Å². The zero-order valence-corrected chi connectivity index (χ0v) is 15.3. The van der Waals surface area contributed by atoms with Crippen molar-refractivity contribution in [2.45, 2.75) is 58.8 Å². The number of nitro benzene ring substituents is 2. The number of hydrogen-bond acceptors (Lipinski definition) is 6. The van der Waals surface area contributed by atoms with Crippen LogP contribution in [0.3, 0.4) is 0 Å². The molecule has 1 aromatic rings. The number of unbranched alkanes of at least 4 members (excludes halogenated alkanes) is 3. The van der Waals surface area contributed by atoms with E-state index < -0.39 is 32.9 Å². The average Bonchev–Trinajstić information content (AvgIpc) is 2.58. The van der Waals surface area contributed by atoms with Crippen LogP contribution in [0, 0.1) is 20.2 Å². The molecule has 0 aliphatic carbocycles. The molecule has 0 amide bonds. The standard InChI is InChI=1S/C18H24N2O6/c1-4-6-7-8-10-13(3)14-11-15(19(22)23)18(16(12-14)20(24)25)26-17(21)9-5-2/h5,9,11-13H,4,6-8,10H2,1-3H3. The predicted octanol–water partition coefficient (Wildman–Crippen LogP) is 5.06. The van der Waals surface area contributed by atoms with Crippen LogP contribution in [0.2, 0.25) is 0 Å². The number of nitro groups is 2. The number of esters is 1. The Bertz CT molecular complexity index is 664. The highest BCUT2D eigenvalue weighted by molar-refractivity contribution is 5.86. The second kappa shape index (κ2) is 10.3. The summed E-state index contributed by atoms with van der Waals surface area (Å²) in [6.45, 7) is 5.54. The molecular formula is C18H24N2O6. The van der Waals surface area contributed by atoms with Crippen LogP contribution in [-0.4, -0.2) is 15.8 Å². The van der Waals surface area contributed by atoms with Gasteiger partial charge in [-0.05, 0) is 24.8 Å². The number of rotatable bonds is 10. The molecule has 0 spiro atoms. The summed E-state index contributed by atoms with van der Waals surface area (Å²) in [4.78, 5) is 32.9. The maximum absolute atomic E-state index is 11.6. The highest BCUT2D eigenvalue weighted by Crippen LogP contribution is 2.40. The first kappa shape index (κ1) is 21.3. The zero-order valence-electron chi connectivity index (χ0n) is 15.3. The van der Waals surface area contributed by atoms with Crippen LogP contribution in [-0.2, 0) is 4.79 Å². The van der Waals surface area contributed by atoms with Crippen molar-refractivity contribution in [1.82, 2.24) is 0 Å². The van der Waals surface area contributed by atoms with Gasteiger partial charge in [0, 0.05) is 18.2 Å². The first-order chi connectivity index (χ1) is 12.3. The molecule has 0 aliphatic rings. The minimum atomic E-state index is -0.904. The van der Waals surface area contributed by atoms with Gasteiger partial charge >= 0.3 is 17.3 Å². The van der Waals surface area contributed by atoms with Crippen LogP contribution in [0.4, 0.5) is 11.4 Å². The summed E-state index contributed by atoms with van der Waals surface area (Å²) in [5, 5.41) is 22.8. The zero-order chi connectivity index (χ0) is 19.7. The molecule has 0 fully saturated rings. The SMILES string of the molecule is CC=CC(=O)Oc1c([N+](=O)[O-])cc(C(C)CCCCCC)cc1[N+](=O)[O-]. The minimum absolute atomic E-state index is 0.0791. The van der Waals surface area contributed by atoms with Gasteiger partial charge in [0.05, 0.1) is 9.85 Å². The number of hydrogen-bond donors (Lipinski definition) is 0. The van der Waals surface area contributed by atoms with Gasteiger partial charge in [-0.25, -0.2) is 4.79 Å². The van der Waals surface area contributed by atoms with Gasteiger partial charge < -0.3 is 4.74 Å². The van der Waals surface area contributed by atoms with Crippen LogP contribution >= 0.6 is 0 Å². The van der Waals surface area contributed by atoms with E-state index in [9.17, 15) is 25.0 Å². The van der Waals surface area contributed by atoms with Crippen LogP contribution in [0.5, 0.6) is 5.75 Å². The number of carbonyl (C=O) groups excluding carboxylic acids is 1. The first-order valence-corrected chi connectivity index (χ1v) is 8.63. The Hall–Kier alpha value is -2.77. The van der Waals surface area contributed by atoms with E-state index in [1.54, 1.807) is 6.92 Å². The van der Waals surface area contributed by atoms with Crippen LogP contribution in [0.15, 0.2) is 24.3 Å². The number of nitrogens with zero attached hydrogens (tertiary/aromatic N) is 2. The van der Waals surface area contributed by atoms with Crippen LogP contribution in [0.25, 0.3) is 0 Å². The van der Waals surface area contributed by atoms with E-state index in [4.69, 9.17) is 4.74 Å². The smallest absolute Gasteiger partial charge is 0.336 e. The fourth-order valence-electron chi connectivity index (χ4n) is 2.59. The molecule has 1 rings (SSSR count). The molecule has 0 bridgehead atoms. The number of allylic oxidation sites excluding steroid dienone is 1. The summed E-state index contributed by atoms with van der Waals surface area (Å²) >= 11 is 0. The summed E-state index contributed by atoms with van der Waals surface area (Å²) in [5.74, 6) is -1.62. The molecule has 1 atom stereocenters. The second-order valence-corrected chi connectivity index (χ2v) is 6.07. The lowest BCUT2D eigenvalue weighted by Gasteiger charge is -2.13. The molecule has 0 radical (unpaired) electrons. The van der Waals surface area contributed by atoms with E-state index >= 15 is 0 Å². The van der Waals surface area contributed by atoms with Crippen molar-refractivity contribution >= 4 is 17.3 Å². The molecule has 0 saturated heterocycles. The van der Waals surface area contributed by atoms with Crippen molar-refractivity contribution in [3.05, 3.63) is 50.1 Å². The molecule has 0 N–H and O–H groups in total. The average molecular weight is 364 g/mol. The largest absolute Gasteiger partial charge is 0.409 e. The maximum atomic E-state index is 11.6. The minimum Gasteiger partial charge on any atom is -0.409 e. The number of ether oxygens (including phenoxy) is 1. The summed E-state index contributed by atoms with van der Waals surface area (Å²) in [6.07, 6.45) is 7.37. The molecule has 26 heavy (non-hydrogen) atoms. The molecular weight excluding hydrogens is 340 g/mol. The lowest BCUT2D eigenvalue weighted by molar-refractivity contribution is -0.395. The molecule has 142 valence electrons. The summed E-state index contributed by atoms with van der Waals surface area (Å²) in [7, 11) is 0. The fraction of sp³-hybridized carbons (Fsp3) is 0.500. The van der Waals surface area contributed by atoms with Gasteiger partial charge in [0.1, 0.15) is 0 Å². The monoisotopic (exact) mass is 364 g/mol. The number of benzene rings is 1. The third-order valence-corrected chi connectivity index (χ3v) is 4.03. The van der Waals surface area contributed by atoms with Crippen molar-refractivity contribution < 1.29 is 19.4 Å². The normalized spacial score (nSPS) is 12.1. The Morgan fingerprint density at radius 1 is 1.15 bits per heavy atom. The Labute approximate surface area is 152 Å². The molecule has 1 unspecified atom stereocenters. The van der Waals surface area contributed by atoms with Gasteiger partial charge in [-0.2, -0.15) is 0 Å². The highest BCUT2D eigenvalue weighted by Gasteiger charge is 2.31. The topological polar surface area (TPSA) is 113 Å². The predicted molar refractivity (Wildman–Crippen MR) is 97.4 cm³/mol. The summed E-state index contributed by atoms with van der Waals surface area (Å²) < 4.78 is 4.88. The Kier molecular flexibility index (Phi) is 8.41. The van der Waals surface area contributed by atoms with Gasteiger partial charge in [0.25, 0.3) is 5.75 Å². The van der Waals surface area contributed by atoms with Gasteiger partial charge in [-0.15, -0.1) is 0 Å². The van der Waals surface area contributed by atoms with Gasteiger partial charge in [0.2, 0.25) is 0 Å². The molecule has 8 nitrogen and oxygen atoms in total. The van der Waals surface area contributed by atoms with Crippen molar-refractivity contribution in [2.75, 3.05) is 0 Å². The second-order valence-electron chi connectivity index (χ2n) is 6.07. The van der Waals surface area contributed by atoms with Gasteiger partial charge in [0.15, 0.2) is 0 Å². The third kappa shape index (κ3) is 5.94.